The maximum Gasteiger partial charge on any atom is 0.319 e. The van der Waals surface area contributed by atoms with E-state index in [1.165, 1.54) is 22.3 Å². The van der Waals surface area contributed by atoms with E-state index in [2.05, 4.69) is 15.4 Å². The van der Waals surface area contributed by atoms with Gasteiger partial charge in [0.25, 0.3) is 0 Å². The minimum atomic E-state index is -3.87. The number of hydrogen-bond donors (Lipinski definition) is 3. The lowest BCUT2D eigenvalue weighted by Gasteiger charge is -2.34. The summed E-state index contributed by atoms with van der Waals surface area (Å²) >= 11 is 7.12. The van der Waals surface area contributed by atoms with Gasteiger partial charge in [-0.1, -0.05) is 29.8 Å². The lowest BCUT2D eigenvalue weighted by molar-refractivity contribution is -0.143. The Bertz CT molecular complexity index is 1280. The predicted molar refractivity (Wildman–Crippen MR) is 148 cm³/mol. The van der Waals surface area contributed by atoms with Crippen molar-refractivity contribution in [2.45, 2.75) is 37.8 Å². The van der Waals surface area contributed by atoms with Crippen molar-refractivity contribution in [2.24, 2.45) is 0 Å². The fourth-order valence-electron chi connectivity index (χ4n) is 4.56. The number of carbonyl (C=O) groups excluding carboxylic acids is 3. The van der Waals surface area contributed by atoms with Gasteiger partial charge in [-0.25, -0.2) is 13.2 Å². The molecule has 13 heteroatoms. The van der Waals surface area contributed by atoms with Crippen LogP contribution in [0.4, 0.5) is 10.5 Å². The average molecular weight is 580 g/mol. The van der Waals surface area contributed by atoms with E-state index in [9.17, 15) is 22.8 Å². The summed E-state index contributed by atoms with van der Waals surface area (Å²) in [5.41, 5.74) is 0.671. The van der Waals surface area contributed by atoms with Crippen LogP contribution in [0.1, 0.15) is 30.6 Å². The number of para-hydroxylation sites is 1. The van der Waals surface area contributed by atoms with Gasteiger partial charge in [0.2, 0.25) is 21.8 Å². The Morgan fingerprint density at radius 3 is 2.58 bits per heavy atom. The highest BCUT2D eigenvalue weighted by Crippen LogP contribution is 2.23. The molecule has 4 rings (SSSR count). The van der Waals surface area contributed by atoms with Crippen LogP contribution in [0.3, 0.4) is 0 Å². The maximum atomic E-state index is 13.1. The summed E-state index contributed by atoms with van der Waals surface area (Å²) in [6.07, 6.45) is 3.90. The summed E-state index contributed by atoms with van der Waals surface area (Å²) < 4.78 is 28.1. The van der Waals surface area contributed by atoms with E-state index in [1.807, 2.05) is 18.2 Å². The fraction of sp³-hybridized carbons (Fsp3) is 0.400. The normalized spacial score (nSPS) is 20.2. The number of nitrogens with one attached hydrogen (secondary N) is 3. The molecule has 2 atom stereocenters. The van der Waals surface area contributed by atoms with Gasteiger partial charge in [0.05, 0.1) is 10.9 Å². The molecule has 0 unspecified atom stereocenters. The summed E-state index contributed by atoms with van der Waals surface area (Å²) in [5, 5.41) is 6.58. The SMILES string of the molecule is O=C(NC[C@H]1CCCN1C(=O)CN1CCC[C@H](NS(=O)(=O)/C=C/c2ccc(Cl)s2)C1=O)Nc1ccccc1. The number of hydrogen-bond acceptors (Lipinski definition) is 6. The Labute approximate surface area is 231 Å². The summed E-state index contributed by atoms with van der Waals surface area (Å²) in [7, 11) is -3.87. The van der Waals surface area contributed by atoms with Crippen molar-refractivity contribution in [1.82, 2.24) is 19.8 Å². The van der Waals surface area contributed by atoms with Crippen molar-refractivity contribution in [3.63, 3.8) is 0 Å². The number of carbonyl (C=O) groups is 3. The van der Waals surface area contributed by atoms with Crippen LogP contribution >= 0.6 is 22.9 Å². The minimum Gasteiger partial charge on any atom is -0.336 e. The highest BCUT2D eigenvalue weighted by molar-refractivity contribution is 7.92. The zero-order valence-electron chi connectivity index (χ0n) is 20.6. The minimum absolute atomic E-state index is 0.132. The fourth-order valence-corrected chi connectivity index (χ4v) is 6.63. The summed E-state index contributed by atoms with van der Waals surface area (Å²) in [6, 6.07) is 11.0. The number of thiophene rings is 1. The lowest BCUT2D eigenvalue weighted by atomic mass is 10.1. The van der Waals surface area contributed by atoms with Gasteiger partial charge < -0.3 is 20.4 Å². The number of rotatable bonds is 9. The molecule has 2 aliphatic heterocycles. The van der Waals surface area contributed by atoms with Crippen molar-refractivity contribution in [1.29, 1.82) is 0 Å². The monoisotopic (exact) mass is 579 g/mol. The topological polar surface area (TPSA) is 128 Å². The molecular formula is C25H30ClN5O5S2. The van der Waals surface area contributed by atoms with Crippen molar-refractivity contribution in [3.05, 3.63) is 57.1 Å². The summed E-state index contributed by atoms with van der Waals surface area (Å²) in [6.45, 7) is 1.08. The number of likely N-dealkylation sites (tertiary alicyclic amines) is 2. The first kappa shape index (κ1) is 28.1. The van der Waals surface area contributed by atoms with E-state index in [-0.39, 0.29) is 24.5 Å². The maximum absolute atomic E-state index is 13.1. The molecule has 0 radical (unpaired) electrons. The van der Waals surface area contributed by atoms with E-state index < -0.39 is 22.0 Å². The van der Waals surface area contributed by atoms with E-state index in [1.54, 1.807) is 29.2 Å². The number of amides is 4. The predicted octanol–water partition coefficient (Wildman–Crippen LogP) is 3.10. The molecular weight excluding hydrogens is 550 g/mol. The lowest BCUT2D eigenvalue weighted by Crippen LogP contribution is -2.55. The molecule has 2 saturated heterocycles. The molecule has 0 bridgehead atoms. The Kier molecular flexibility index (Phi) is 9.42. The number of benzene rings is 1. The molecule has 38 heavy (non-hydrogen) atoms. The Morgan fingerprint density at radius 2 is 1.84 bits per heavy atom. The molecule has 10 nitrogen and oxygen atoms in total. The number of anilines is 1. The third-order valence-electron chi connectivity index (χ3n) is 6.40. The standard InChI is InChI=1S/C25H30ClN5O5S2/c26-22-11-10-20(37-22)12-15-38(35,36)29-21-9-5-13-30(24(21)33)17-23(32)31-14-4-8-19(31)16-27-25(34)28-18-6-2-1-3-7-18/h1-3,6-7,10-12,15,19,21,29H,4-5,8-9,13-14,16-17H2,(H2,27,28,34)/b15-12+/t19-,21+/m1/s1. The molecule has 1 aromatic heterocycles. The number of halogens is 1. The molecule has 4 amide bonds. The molecule has 0 aliphatic carbocycles. The van der Waals surface area contributed by atoms with Gasteiger partial charge in [0, 0.05) is 41.6 Å². The van der Waals surface area contributed by atoms with Crippen molar-refractivity contribution < 1.29 is 22.8 Å². The number of urea groups is 1. The molecule has 1 aromatic carbocycles. The first-order chi connectivity index (χ1) is 18.2. The quantitative estimate of drug-likeness (QED) is 0.421. The smallest absolute Gasteiger partial charge is 0.319 e. The highest BCUT2D eigenvalue weighted by atomic mass is 35.5. The van der Waals surface area contributed by atoms with Crippen LogP contribution < -0.4 is 15.4 Å². The summed E-state index contributed by atoms with van der Waals surface area (Å²) in [4.78, 5) is 42.1. The van der Waals surface area contributed by atoms with E-state index in [0.29, 0.717) is 47.4 Å². The number of nitrogens with zero attached hydrogens (tertiary/aromatic N) is 2. The average Bonchev–Trinajstić information content (AvgIpc) is 3.53. The van der Waals surface area contributed by atoms with Gasteiger partial charge in [-0.2, -0.15) is 4.72 Å². The third-order valence-corrected chi connectivity index (χ3v) is 8.70. The van der Waals surface area contributed by atoms with E-state index >= 15 is 0 Å². The second-order valence-corrected chi connectivity index (χ2v) is 12.5. The van der Waals surface area contributed by atoms with Gasteiger partial charge in [-0.05, 0) is 56.0 Å². The van der Waals surface area contributed by atoms with E-state index in [4.69, 9.17) is 11.6 Å². The van der Waals surface area contributed by atoms with Crippen molar-refractivity contribution in [2.75, 3.05) is 31.5 Å². The zero-order valence-corrected chi connectivity index (χ0v) is 23.0. The molecule has 3 N–H and O–H groups in total. The Hall–Kier alpha value is -2.93. The highest BCUT2D eigenvalue weighted by Gasteiger charge is 2.35. The van der Waals surface area contributed by atoms with Crippen molar-refractivity contribution in [3.8, 4) is 0 Å². The second kappa shape index (κ2) is 12.7. The second-order valence-electron chi connectivity index (χ2n) is 9.15. The molecule has 2 fully saturated rings. The molecule has 0 spiro atoms. The van der Waals surface area contributed by atoms with Crippen LogP contribution in [-0.2, 0) is 19.6 Å². The van der Waals surface area contributed by atoms with Gasteiger partial charge in [-0.15, -0.1) is 11.3 Å². The van der Waals surface area contributed by atoms with Gasteiger partial charge >= 0.3 is 6.03 Å². The zero-order chi connectivity index (χ0) is 27.1. The first-order valence-electron chi connectivity index (χ1n) is 12.3. The Balaban J connectivity index is 1.28. The van der Waals surface area contributed by atoms with Gasteiger partial charge in [-0.3, -0.25) is 9.59 Å². The van der Waals surface area contributed by atoms with Crippen LogP contribution in [0.2, 0.25) is 4.34 Å². The third kappa shape index (κ3) is 7.79. The van der Waals surface area contributed by atoms with Crippen LogP contribution in [0.5, 0.6) is 0 Å². The molecule has 2 aromatic rings. The van der Waals surface area contributed by atoms with Gasteiger partial charge in [0.1, 0.15) is 6.04 Å². The summed E-state index contributed by atoms with van der Waals surface area (Å²) in [5.74, 6) is -0.638. The Morgan fingerprint density at radius 1 is 1.08 bits per heavy atom. The largest absolute Gasteiger partial charge is 0.336 e. The number of sulfonamides is 1. The molecule has 204 valence electrons. The number of piperidine rings is 1. The van der Waals surface area contributed by atoms with Crippen LogP contribution in [0, 0.1) is 0 Å². The van der Waals surface area contributed by atoms with Gasteiger partial charge in [0.15, 0.2) is 0 Å². The van der Waals surface area contributed by atoms with E-state index in [0.717, 1.165) is 18.2 Å². The molecule has 0 saturated carbocycles. The molecule has 3 heterocycles. The van der Waals surface area contributed by atoms with Crippen molar-refractivity contribution >= 4 is 62.6 Å². The van der Waals surface area contributed by atoms with Crippen LogP contribution in [-0.4, -0.2) is 74.3 Å². The first-order valence-corrected chi connectivity index (χ1v) is 15.1. The van der Waals surface area contributed by atoms with Crippen LogP contribution in [0.25, 0.3) is 6.08 Å². The molecule has 2 aliphatic rings. The van der Waals surface area contributed by atoms with Crippen LogP contribution in [0.15, 0.2) is 47.9 Å².